The van der Waals surface area contributed by atoms with E-state index in [9.17, 15) is 13.6 Å². The van der Waals surface area contributed by atoms with Crippen LogP contribution in [0.2, 0.25) is 0 Å². The summed E-state index contributed by atoms with van der Waals surface area (Å²) in [5.74, 6) is -1.19. The molecule has 0 radical (unpaired) electrons. The van der Waals surface area contributed by atoms with E-state index in [4.69, 9.17) is 18.7 Å². The van der Waals surface area contributed by atoms with Crippen molar-refractivity contribution in [2.45, 2.75) is 38.8 Å². The summed E-state index contributed by atoms with van der Waals surface area (Å²) >= 11 is 3.30. The van der Waals surface area contributed by atoms with E-state index in [1.54, 1.807) is 27.7 Å². The number of rotatable bonds is 7. The van der Waals surface area contributed by atoms with Crippen LogP contribution in [-0.4, -0.2) is 40.5 Å². The second-order valence-electron chi connectivity index (χ2n) is 8.42. The van der Waals surface area contributed by atoms with E-state index in [0.29, 0.717) is 4.47 Å². The summed E-state index contributed by atoms with van der Waals surface area (Å²) in [5, 5.41) is 6.48. The van der Waals surface area contributed by atoms with Gasteiger partial charge in [-0.25, -0.2) is 23.5 Å². The molecule has 1 aromatic carbocycles. The van der Waals surface area contributed by atoms with Crippen LogP contribution in [0.25, 0.3) is 11.3 Å². The van der Waals surface area contributed by atoms with E-state index in [0.717, 1.165) is 12.1 Å². The number of nitrogens with zero attached hydrogens (tertiary/aromatic N) is 3. The van der Waals surface area contributed by atoms with E-state index in [2.05, 4.69) is 36.4 Å². The minimum atomic E-state index is -1.38. The number of alkyl carbamates (subject to hydrolysis) is 1. The maximum absolute atomic E-state index is 14.3. The predicted octanol–water partition coefficient (Wildman–Crippen LogP) is 5.00. The molecule has 1 amide bonds. The molecule has 0 aliphatic heterocycles. The highest BCUT2D eigenvalue weighted by molar-refractivity contribution is 9.10. The van der Waals surface area contributed by atoms with Gasteiger partial charge in [-0.1, -0.05) is 11.2 Å². The highest BCUT2D eigenvalue weighted by atomic mass is 79.9. The Hall–Kier alpha value is -3.28. The fourth-order valence-electron chi connectivity index (χ4n) is 2.89. The van der Waals surface area contributed by atoms with Gasteiger partial charge in [-0.3, -0.25) is 0 Å². The summed E-state index contributed by atoms with van der Waals surface area (Å²) in [6.45, 7) is 6.47. The zero-order valence-electron chi connectivity index (χ0n) is 19.1. The number of hydrogen-bond donors (Lipinski definition) is 1. The van der Waals surface area contributed by atoms with Gasteiger partial charge in [0.2, 0.25) is 11.8 Å². The van der Waals surface area contributed by atoms with Crippen LogP contribution in [0.4, 0.5) is 13.6 Å². The largest absolute Gasteiger partial charge is 0.480 e. The zero-order valence-corrected chi connectivity index (χ0v) is 20.7. The molecule has 0 aliphatic rings. The van der Waals surface area contributed by atoms with Gasteiger partial charge in [0.05, 0.1) is 12.7 Å². The Morgan fingerprint density at radius 1 is 1.15 bits per heavy atom. The van der Waals surface area contributed by atoms with Crippen molar-refractivity contribution in [3.05, 3.63) is 52.5 Å². The molecule has 0 saturated heterocycles. The standard InChI is InChI=1S/C22H23BrF2N4O5/c1-21(2,3)33-20(30)28-22(4,10-32-19-17(23)18(31-5)26-11-27-19)15-9-14(29-34-15)16-12(24)7-6-8-13(16)25/h6-9,11H,10H2,1-5H3,(H,28,30). The minimum Gasteiger partial charge on any atom is -0.480 e. The van der Waals surface area contributed by atoms with Gasteiger partial charge in [0, 0.05) is 6.07 Å². The van der Waals surface area contributed by atoms with E-state index in [1.807, 2.05) is 0 Å². The maximum atomic E-state index is 14.3. The summed E-state index contributed by atoms with van der Waals surface area (Å²) < 4.78 is 50.5. The molecule has 1 N–H and O–H groups in total. The molecule has 3 aromatic rings. The third-order valence-electron chi connectivity index (χ3n) is 4.47. The minimum absolute atomic E-state index is 0.0631. The molecule has 2 aromatic heterocycles. The van der Waals surface area contributed by atoms with Gasteiger partial charge in [0.25, 0.3) is 0 Å². The number of nitrogens with one attached hydrogen (secondary N) is 1. The van der Waals surface area contributed by atoms with Crippen molar-refractivity contribution in [1.29, 1.82) is 0 Å². The zero-order chi connectivity index (χ0) is 25.1. The number of carbonyl (C=O) groups excluding carboxylic acids is 1. The summed E-state index contributed by atoms with van der Waals surface area (Å²) in [4.78, 5) is 20.6. The molecule has 0 saturated carbocycles. The Morgan fingerprint density at radius 2 is 1.79 bits per heavy atom. The molecule has 0 spiro atoms. The number of benzene rings is 1. The average Bonchev–Trinajstić information content (AvgIpc) is 3.22. The molecular weight excluding hydrogens is 518 g/mol. The fraction of sp³-hybridized carbons (Fsp3) is 0.364. The summed E-state index contributed by atoms with van der Waals surface area (Å²) in [5.41, 5.74) is -2.61. The normalized spacial score (nSPS) is 13.2. The van der Waals surface area contributed by atoms with Crippen LogP contribution in [0.1, 0.15) is 33.5 Å². The summed E-state index contributed by atoms with van der Waals surface area (Å²) in [7, 11) is 1.43. The van der Waals surface area contributed by atoms with Crippen molar-refractivity contribution in [2.75, 3.05) is 13.7 Å². The smallest absolute Gasteiger partial charge is 0.408 e. The van der Waals surface area contributed by atoms with Gasteiger partial charge >= 0.3 is 6.09 Å². The van der Waals surface area contributed by atoms with Gasteiger partial charge in [-0.05, 0) is 55.8 Å². The molecule has 9 nitrogen and oxygen atoms in total. The average molecular weight is 541 g/mol. The van der Waals surface area contributed by atoms with E-state index < -0.39 is 28.9 Å². The lowest BCUT2D eigenvalue weighted by molar-refractivity contribution is 0.0392. The van der Waals surface area contributed by atoms with Gasteiger partial charge in [0.15, 0.2) is 5.76 Å². The van der Waals surface area contributed by atoms with Crippen molar-refractivity contribution in [1.82, 2.24) is 20.4 Å². The third kappa shape index (κ3) is 5.79. The van der Waals surface area contributed by atoms with E-state index in [-0.39, 0.29) is 35.4 Å². The van der Waals surface area contributed by atoms with Crippen LogP contribution < -0.4 is 14.8 Å². The SMILES string of the molecule is COc1ncnc(OCC(C)(NC(=O)OC(C)(C)C)c2cc(-c3c(F)cccc3F)no2)c1Br. The molecule has 3 rings (SSSR count). The Balaban J connectivity index is 1.95. The quantitative estimate of drug-likeness (QED) is 0.445. The maximum Gasteiger partial charge on any atom is 0.408 e. The lowest BCUT2D eigenvalue weighted by Gasteiger charge is -2.29. The van der Waals surface area contributed by atoms with Gasteiger partial charge in [0.1, 0.15) is 45.9 Å². The number of carbonyl (C=O) groups is 1. The lowest BCUT2D eigenvalue weighted by atomic mass is 9.99. The molecular formula is C22H23BrF2N4O5. The summed E-state index contributed by atoms with van der Waals surface area (Å²) in [6, 6.07) is 4.77. The highest BCUT2D eigenvalue weighted by Gasteiger charge is 2.37. The van der Waals surface area contributed by atoms with Crippen LogP contribution >= 0.6 is 15.9 Å². The molecule has 0 bridgehead atoms. The first-order valence-electron chi connectivity index (χ1n) is 10.0. The van der Waals surface area contributed by atoms with Crippen LogP contribution in [-0.2, 0) is 10.3 Å². The fourth-order valence-corrected chi connectivity index (χ4v) is 3.37. The molecule has 1 unspecified atom stereocenters. The Morgan fingerprint density at radius 3 is 2.41 bits per heavy atom. The lowest BCUT2D eigenvalue weighted by Crippen LogP contribution is -2.49. The molecule has 1 atom stereocenters. The topological polar surface area (TPSA) is 109 Å². The van der Waals surface area contributed by atoms with Crippen molar-refractivity contribution >= 4 is 22.0 Å². The first kappa shape index (κ1) is 25.3. The Bertz CT molecular complexity index is 1160. The van der Waals surface area contributed by atoms with Crippen molar-refractivity contribution in [3.8, 4) is 23.0 Å². The van der Waals surface area contributed by atoms with Gasteiger partial charge < -0.3 is 24.1 Å². The second kappa shape index (κ2) is 9.92. The van der Waals surface area contributed by atoms with Crippen molar-refractivity contribution in [3.63, 3.8) is 0 Å². The number of methoxy groups -OCH3 is 1. The molecule has 2 heterocycles. The first-order chi connectivity index (χ1) is 15.9. The molecule has 0 fully saturated rings. The van der Waals surface area contributed by atoms with Crippen LogP contribution in [0, 0.1) is 11.6 Å². The number of amides is 1. The number of ether oxygens (including phenoxy) is 3. The highest BCUT2D eigenvalue weighted by Crippen LogP contribution is 2.33. The molecule has 34 heavy (non-hydrogen) atoms. The van der Waals surface area contributed by atoms with Crippen molar-refractivity contribution < 1.29 is 32.3 Å². The van der Waals surface area contributed by atoms with E-state index in [1.165, 1.54) is 25.6 Å². The van der Waals surface area contributed by atoms with Crippen LogP contribution in [0.3, 0.4) is 0 Å². The molecule has 0 aliphatic carbocycles. The van der Waals surface area contributed by atoms with Crippen LogP contribution in [0.15, 0.2) is 39.6 Å². The first-order valence-corrected chi connectivity index (χ1v) is 10.8. The second-order valence-corrected chi connectivity index (χ2v) is 9.22. The third-order valence-corrected chi connectivity index (χ3v) is 5.14. The number of aromatic nitrogens is 3. The van der Waals surface area contributed by atoms with Gasteiger partial charge in [-0.15, -0.1) is 0 Å². The summed E-state index contributed by atoms with van der Waals surface area (Å²) in [6.07, 6.45) is 0.471. The van der Waals surface area contributed by atoms with Crippen LogP contribution in [0.5, 0.6) is 11.8 Å². The molecule has 182 valence electrons. The van der Waals surface area contributed by atoms with Crippen molar-refractivity contribution in [2.24, 2.45) is 0 Å². The van der Waals surface area contributed by atoms with Gasteiger partial charge in [-0.2, -0.15) is 0 Å². The molecule has 12 heteroatoms. The number of halogens is 3. The number of hydrogen-bond acceptors (Lipinski definition) is 8. The Labute approximate surface area is 202 Å². The van der Waals surface area contributed by atoms with E-state index >= 15 is 0 Å². The predicted molar refractivity (Wildman–Crippen MR) is 120 cm³/mol. The Kier molecular flexibility index (Phi) is 7.39. The monoisotopic (exact) mass is 540 g/mol.